The van der Waals surface area contributed by atoms with Crippen molar-refractivity contribution >= 4 is 29.9 Å². The maximum absolute atomic E-state index is 5.66. The van der Waals surface area contributed by atoms with E-state index in [1.807, 2.05) is 50.4 Å². The number of aromatic nitrogens is 1. The van der Waals surface area contributed by atoms with Crippen LogP contribution in [-0.2, 0) is 12.8 Å². The van der Waals surface area contributed by atoms with Crippen LogP contribution in [0, 0.1) is 0 Å². The largest absolute Gasteiger partial charge is 0.491 e. The predicted octanol–water partition coefficient (Wildman–Crippen LogP) is 3.44. The molecule has 0 radical (unpaired) electrons. The zero-order chi connectivity index (χ0) is 17.9. The van der Waals surface area contributed by atoms with E-state index >= 15 is 0 Å². The summed E-state index contributed by atoms with van der Waals surface area (Å²) in [6.07, 6.45) is 3.83. The molecule has 0 aliphatic heterocycles. The van der Waals surface area contributed by atoms with Crippen molar-refractivity contribution in [2.24, 2.45) is 4.99 Å². The van der Waals surface area contributed by atoms with Gasteiger partial charge < -0.3 is 15.4 Å². The van der Waals surface area contributed by atoms with E-state index in [1.54, 1.807) is 7.05 Å². The van der Waals surface area contributed by atoms with Gasteiger partial charge in [-0.2, -0.15) is 0 Å². The minimum absolute atomic E-state index is 0. The Hall–Kier alpha value is -1.83. The van der Waals surface area contributed by atoms with Gasteiger partial charge in [-0.3, -0.25) is 9.98 Å². The third kappa shape index (κ3) is 8.51. The monoisotopic (exact) mass is 468 g/mol. The minimum atomic E-state index is 0. The summed E-state index contributed by atoms with van der Waals surface area (Å²) in [5.74, 6) is 1.73. The summed E-state index contributed by atoms with van der Waals surface area (Å²) in [5, 5.41) is 6.65. The van der Waals surface area contributed by atoms with Gasteiger partial charge in [-0.1, -0.05) is 18.2 Å². The lowest BCUT2D eigenvalue weighted by molar-refractivity contribution is 0.242. The van der Waals surface area contributed by atoms with Gasteiger partial charge >= 0.3 is 0 Å². The third-order valence-electron chi connectivity index (χ3n) is 3.62. The number of hydrogen-bond acceptors (Lipinski definition) is 3. The molecule has 0 fully saturated rings. The first-order valence-electron chi connectivity index (χ1n) is 8.77. The molecule has 5 nitrogen and oxygen atoms in total. The maximum atomic E-state index is 5.66. The smallest absolute Gasteiger partial charge is 0.190 e. The first kappa shape index (κ1) is 22.2. The van der Waals surface area contributed by atoms with Crippen LogP contribution in [0.5, 0.6) is 5.75 Å². The average molecular weight is 468 g/mol. The van der Waals surface area contributed by atoms with Gasteiger partial charge in [0, 0.05) is 38.4 Å². The van der Waals surface area contributed by atoms with Crippen LogP contribution in [0.1, 0.15) is 25.1 Å². The number of halogens is 1. The quantitative estimate of drug-likeness (QED) is 0.354. The van der Waals surface area contributed by atoms with Crippen molar-refractivity contribution in [1.82, 2.24) is 15.6 Å². The van der Waals surface area contributed by atoms with Crippen molar-refractivity contribution in [2.45, 2.75) is 32.8 Å². The molecule has 0 aliphatic carbocycles. The van der Waals surface area contributed by atoms with Gasteiger partial charge in [-0.05, 0) is 50.1 Å². The Kier molecular flexibility index (Phi) is 10.7. The lowest BCUT2D eigenvalue weighted by Crippen LogP contribution is -2.39. The number of guanidine groups is 1. The molecular formula is C20H29IN4O. The van der Waals surface area contributed by atoms with Gasteiger partial charge in [-0.15, -0.1) is 24.0 Å². The minimum Gasteiger partial charge on any atom is -0.491 e. The number of ether oxygens (including phenoxy) is 1. The number of nitrogens with zero attached hydrogens (tertiary/aromatic N) is 2. The van der Waals surface area contributed by atoms with Crippen LogP contribution in [0.2, 0.25) is 0 Å². The number of nitrogens with one attached hydrogen (secondary N) is 2. The highest BCUT2D eigenvalue weighted by Crippen LogP contribution is 2.13. The highest BCUT2D eigenvalue weighted by molar-refractivity contribution is 14.0. The molecule has 0 bridgehead atoms. The molecule has 2 rings (SSSR count). The van der Waals surface area contributed by atoms with Gasteiger partial charge in [0.05, 0.1) is 6.10 Å². The standard InChI is InChI=1S/C20H28N4O.HI/c1-16(2)25-19-9-7-17(8-10-19)11-14-23-20(21-3)24-15-12-18-6-4-5-13-22-18;/h4-10,13,16H,11-12,14-15H2,1-3H3,(H2,21,23,24);1H. The van der Waals surface area contributed by atoms with E-state index in [9.17, 15) is 0 Å². The number of pyridine rings is 1. The molecule has 0 saturated carbocycles. The number of rotatable bonds is 8. The Morgan fingerprint density at radius 2 is 1.73 bits per heavy atom. The molecule has 0 aliphatic rings. The Labute approximate surface area is 173 Å². The van der Waals surface area contributed by atoms with Crippen LogP contribution >= 0.6 is 24.0 Å². The highest BCUT2D eigenvalue weighted by Gasteiger charge is 2.01. The molecular weight excluding hydrogens is 439 g/mol. The summed E-state index contributed by atoms with van der Waals surface area (Å²) in [6, 6.07) is 14.2. The van der Waals surface area contributed by atoms with Crippen LogP contribution in [0.4, 0.5) is 0 Å². The van der Waals surface area contributed by atoms with E-state index in [0.717, 1.165) is 43.3 Å². The molecule has 1 aromatic heterocycles. The number of hydrogen-bond donors (Lipinski definition) is 2. The van der Waals surface area contributed by atoms with Crippen molar-refractivity contribution in [3.05, 3.63) is 59.9 Å². The van der Waals surface area contributed by atoms with E-state index in [-0.39, 0.29) is 30.1 Å². The Balaban J connectivity index is 0.00000338. The Morgan fingerprint density at radius 3 is 2.31 bits per heavy atom. The van der Waals surface area contributed by atoms with Crippen molar-refractivity contribution in [3.8, 4) is 5.75 Å². The third-order valence-corrected chi connectivity index (χ3v) is 3.62. The molecule has 1 aromatic carbocycles. The summed E-state index contributed by atoms with van der Waals surface area (Å²) in [6.45, 7) is 5.69. The Morgan fingerprint density at radius 1 is 1.04 bits per heavy atom. The normalized spacial score (nSPS) is 11.0. The number of aliphatic imine (C=N–C) groups is 1. The van der Waals surface area contributed by atoms with Crippen molar-refractivity contribution in [2.75, 3.05) is 20.1 Å². The summed E-state index contributed by atoms with van der Waals surface area (Å²) in [4.78, 5) is 8.57. The van der Waals surface area contributed by atoms with Crippen LogP contribution < -0.4 is 15.4 Å². The summed E-state index contributed by atoms with van der Waals surface area (Å²) < 4.78 is 5.66. The maximum Gasteiger partial charge on any atom is 0.190 e. The fraction of sp³-hybridized carbons (Fsp3) is 0.400. The van der Waals surface area contributed by atoms with E-state index in [4.69, 9.17) is 4.74 Å². The molecule has 0 atom stereocenters. The molecule has 142 valence electrons. The number of benzene rings is 1. The van der Waals surface area contributed by atoms with Gasteiger partial charge in [0.2, 0.25) is 0 Å². The second kappa shape index (κ2) is 12.5. The van der Waals surface area contributed by atoms with Crippen molar-refractivity contribution in [1.29, 1.82) is 0 Å². The Bertz CT molecular complexity index is 645. The lowest BCUT2D eigenvalue weighted by atomic mass is 10.1. The molecule has 0 saturated heterocycles. The molecule has 2 aromatic rings. The molecule has 6 heteroatoms. The van der Waals surface area contributed by atoms with Crippen LogP contribution in [0.15, 0.2) is 53.7 Å². The lowest BCUT2D eigenvalue weighted by Gasteiger charge is -2.12. The van der Waals surface area contributed by atoms with Crippen LogP contribution in [-0.4, -0.2) is 37.2 Å². The first-order chi connectivity index (χ1) is 12.2. The summed E-state index contributed by atoms with van der Waals surface area (Å²) in [5.41, 5.74) is 2.35. The van der Waals surface area contributed by atoms with E-state index in [0.29, 0.717) is 0 Å². The van der Waals surface area contributed by atoms with Gasteiger partial charge in [0.15, 0.2) is 5.96 Å². The topological polar surface area (TPSA) is 58.5 Å². The van der Waals surface area contributed by atoms with E-state index in [1.165, 1.54) is 5.56 Å². The first-order valence-corrected chi connectivity index (χ1v) is 8.77. The molecule has 1 heterocycles. The summed E-state index contributed by atoms with van der Waals surface area (Å²) in [7, 11) is 1.79. The SMILES string of the molecule is CN=C(NCCc1ccc(OC(C)C)cc1)NCCc1ccccn1.I. The highest BCUT2D eigenvalue weighted by atomic mass is 127. The summed E-state index contributed by atoms with van der Waals surface area (Å²) >= 11 is 0. The van der Waals surface area contributed by atoms with Gasteiger partial charge in [0.25, 0.3) is 0 Å². The molecule has 2 N–H and O–H groups in total. The van der Waals surface area contributed by atoms with Crippen LogP contribution in [0.3, 0.4) is 0 Å². The van der Waals surface area contributed by atoms with E-state index < -0.39 is 0 Å². The average Bonchev–Trinajstić information content (AvgIpc) is 2.62. The van der Waals surface area contributed by atoms with Crippen molar-refractivity contribution in [3.63, 3.8) is 0 Å². The predicted molar refractivity (Wildman–Crippen MR) is 119 cm³/mol. The van der Waals surface area contributed by atoms with E-state index in [2.05, 4.69) is 32.7 Å². The second-order valence-electron chi connectivity index (χ2n) is 6.06. The molecule has 0 unspecified atom stereocenters. The zero-order valence-electron chi connectivity index (χ0n) is 15.7. The zero-order valence-corrected chi connectivity index (χ0v) is 18.1. The van der Waals surface area contributed by atoms with Gasteiger partial charge in [-0.25, -0.2) is 0 Å². The van der Waals surface area contributed by atoms with Gasteiger partial charge in [0.1, 0.15) is 5.75 Å². The fourth-order valence-corrected chi connectivity index (χ4v) is 2.41. The fourth-order valence-electron chi connectivity index (χ4n) is 2.41. The second-order valence-corrected chi connectivity index (χ2v) is 6.06. The van der Waals surface area contributed by atoms with Crippen LogP contribution in [0.25, 0.3) is 0 Å². The molecule has 26 heavy (non-hydrogen) atoms. The molecule has 0 amide bonds. The van der Waals surface area contributed by atoms with Crippen molar-refractivity contribution < 1.29 is 4.74 Å². The molecule has 0 spiro atoms.